The highest BCUT2D eigenvalue weighted by atomic mass is 35.5. The number of thioether (sulfide) groups is 2. The summed E-state index contributed by atoms with van der Waals surface area (Å²) in [6.45, 7) is 1.27. The number of rotatable bonds is 9. The van der Waals surface area contributed by atoms with Crippen molar-refractivity contribution in [2.24, 2.45) is 0 Å². The van der Waals surface area contributed by atoms with Crippen LogP contribution in [0.2, 0.25) is 5.02 Å². The Morgan fingerprint density at radius 1 is 1.03 bits per heavy atom. The van der Waals surface area contributed by atoms with Crippen LogP contribution in [0.15, 0.2) is 83.8 Å². The molecule has 1 N–H and O–H groups in total. The molecule has 0 radical (unpaired) electrons. The maximum Gasteiger partial charge on any atom is 0.251 e. The Hall–Kier alpha value is -2.41. The molecule has 0 aromatic heterocycles. The average molecular weight is 497 g/mol. The van der Waals surface area contributed by atoms with Gasteiger partial charge in [-0.2, -0.15) is 0 Å². The molecule has 3 aromatic carbocycles. The molecule has 1 saturated heterocycles. The summed E-state index contributed by atoms with van der Waals surface area (Å²) >= 11 is 9.22. The molecule has 7 heteroatoms. The Bertz CT molecular complexity index is 1080. The number of carbonyl (C=O) groups excluding carboxylic acids is 2. The van der Waals surface area contributed by atoms with Gasteiger partial charge in [-0.3, -0.25) is 9.59 Å². The maximum absolute atomic E-state index is 12.5. The van der Waals surface area contributed by atoms with Gasteiger partial charge in [0.25, 0.3) is 5.91 Å². The summed E-state index contributed by atoms with van der Waals surface area (Å²) in [6, 6.07) is 25.5. The fourth-order valence-corrected chi connectivity index (χ4v) is 5.74. The van der Waals surface area contributed by atoms with E-state index >= 15 is 0 Å². The predicted molar refractivity (Wildman–Crippen MR) is 138 cm³/mol. The maximum atomic E-state index is 12.5. The lowest BCUT2D eigenvalue weighted by molar-refractivity contribution is -0.128. The van der Waals surface area contributed by atoms with Crippen molar-refractivity contribution >= 4 is 46.9 Å². The van der Waals surface area contributed by atoms with Crippen molar-refractivity contribution in [2.75, 3.05) is 24.6 Å². The SMILES string of the molecule is O=C(NCCSc1ccc(Cl)cc1)c1ccc([C@H]2SCC(=O)N2CCc2ccccc2)cc1. The van der Waals surface area contributed by atoms with Gasteiger partial charge >= 0.3 is 0 Å². The van der Waals surface area contributed by atoms with Crippen LogP contribution < -0.4 is 5.32 Å². The van der Waals surface area contributed by atoms with Crippen molar-refractivity contribution in [3.8, 4) is 0 Å². The van der Waals surface area contributed by atoms with Gasteiger partial charge in [0.15, 0.2) is 0 Å². The standard InChI is InChI=1S/C26H25ClN2O2S2/c27-22-10-12-23(13-11-22)32-17-15-28-25(31)20-6-8-21(9-7-20)26-29(24(30)18-33-26)16-14-19-4-2-1-3-5-19/h1-13,26H,14-18H2,(H,28,31)/t26-/m1/s1. The first-order valence-corrected chi connectivity index (χ1v) is 13.2. The number of nitrogens with zero attached hydrogens (tertiary/aromatic N) is 1. The molecule has 4 rings (SSSR count). The summed E-state index contributed by atoms with van der Waals surface area (Å²) < 4.78 is 0. The van der Waals surface area contributed by atoms with Crippen LogP contribution in [0.1, 0.15) is 26.9 Å². The predicted octanol–water partition coefficient (Wildman–Crippen LogP) is 5.68. The zero-order chi connectivity index (χ0) is 23.0. The molecule has 1 aliphatic heterocycles. The first kappa shape index (κ1) is 23.7. The third kappa shape index (κ3) is 6.56. The monoisotopic (exact) mass is 496 g/mol. The van der Waals surface area contributed by atoms with E-state index in [-0.39, 0.29) is 17.2 Å². The topological polar surface area (TPSA) is 49.4 Å². The number of carbonyl (C=O) groups is 2. The molecule has 1 fully saturated rings. The van der Waals surface area contributed by atoms with Crippen LogP contribution in [-0.2, 0) is 11.2 Å². The molecular weight excluding hydrogens is 472 g/mol. The van der Waals surface area contributed by atoms with Crippen molar-refractivity contribution in [3.05, 3.63) is 101 Å². The van der Waals surface area contributed by atoms with Gasteiger partial charge in [0.2, 0.25) is 5.91 Å². The van der Waals surface area contributed by atoms with Crippen LogP contribution in [0.4, 0.5) is 0 Å². The molecule has 2 amide bonds. The van der Waals surface area contributed by atoms with Crippen molar-refractivity contribution in [2.45, 2.75) is 16.7 Å². The number of nitrogens with one attached hydrogen (secondary N) is 1. The van der Waals surface area contributed by atoms with Gasteiger partial charge in [-0.1, -0.05) is 54.1 Å². The molecule has 1 aliphatic rings. The van der Waals surface area contributed by atoms with Gasteiger partial charge in [-0.05, 0) is 53.9 Å². The zero-order valence-electron chi connectivity index (χ0n) is 18.1. The quantitative estimate of drug-likeness (QED) is 0.306. The summed E-state index contributed by atoms with van der Waals surface area (Å²) in [4.78, 5) is 28.0. The van der Waals surface area contributed by atoms with E-state index < -0.39 is 0 Å². The van der Waals surface area contributed by atoms with Gasteiger partial charge in [0.1, 0.15) is 5.37 Å². The second kappa shape index (κ2) is 11.6. The minimum absolute atomic E-state index is 0.00546. The normalized spacial score (nSPS) is 15.6. The van der Waals surface area contributed by atoms with Gasteiger partial charge in [-0.25, -0.2) is 0 Å². The van der Waals surface area contributed by atoms with E-state index in [1.165, 1.54) is 5.56 Å². The van der Waals surface area contributed by atoms with Gasteiger partial charge < -0.3 is 10.2 Å². The van der Waals surface area contributed by atoms with E-state index in [0.29, 0.717) is 24.4 Å². The van der Waals surface area contributed by atoms with E-state index in [2.05, 4.69) is 17.4 Å². The van der Waals surface area contributed by atoms with Crippen molar-refractivity contribution in [1.29, 1.82) is 0 Å². The molecule has 0 saturated carbocycles. The van der Waals surface area contributed by atoms with Crippen LogP contribution >= 0.6 is 35.1 Å². The third-order valence-corrected chi connectivity index (χ3v) is 7.90. The molecule has 1 heterocycles. The van der Waals surface area contributed by atoms with E-state index in [9.17, 15) is 9.59 Å². The number of halogens is 1. The van der Waals surface area contributed by atoms with Crippen LogP contribution in [0, 0.1) is 0 Å². The summed E-state index contributed by atoms with van der Waals surface area (Å²) in [7, 11) is 0. The summed E-state index contributed by atoms with van der Waals surface area (Å²) in [5.74, 6) is 1.35. The highest BCUT2D eigenvalue weighted by molar-refractivity contribution is 8.00. The van der Waals surface area contributed by atoms with Gasteiger partial charge in [0, 0.05) is 34.3 Å². The van der Waals surface area contributed by atoms with Crippen molar-refractivity contribution in [3.63, 3.8) is 0 Å². The van der Waals surface area contributed by atoms with Crippen LogP contribution in [-0.4, -0.2) is 41.3 Å². The number of hydrogen-bond acceptors (Lipinski definition) is 4. The zero-order valence-corrected chi connectivity index (χ0v) is 20.5. The summed E-state index contributed by atoms with van der Waals surface area (Å²) in [6.07, 6.45) is 0.832. The third-order valence-electron chi connectivity index (χ3n) is 5.38. The van der Waals surface area contributed by atoms with Crippen LogP contribution in [0.5, 0.6) is 0 Å². The van der Waals surface area contributed by atoms with Crippen LogP contribution in [0.25, 0.3) is 0 Å². The number of benzene rings is 3. The second-order valence-electron chi connectivity index (χ2n) is 7.67. The molecular formula is C26H25ClN2O2S2. The molecule has 0 unspecified atom stereocenters. The Balaban J connectivity index is 1.28. The molecule has 3 aromatic rings. The minimum Gasteiger partial charge on any atom is -0.351 e. The first-order valence-electron chi connectivity index (χ1n) is 10.8. The Kier molecular flexibility index (Phi) is 8.37. The Morgan fingerprint density at radius 3 is 2.48 bits per heavy atom. The second-order valence-corrected chi connectivity index (χ2v) is 10.3. The molecule has 0 aliphatic carbocycles. The lowest BCUT2D eigenvalue weighted by atomic mass is 10.1. The number of amides is 2. The van der Waals surface area contributed by atoms with Crippen LogP contribution in [0.3, 0.4) is 0 Å². The van der Waals surface area contributed by atoms with Gasteiger partial charge in [0.05, 0.1) is 5.75 Å². The van der Waals surface area contributed by atoms with E-state index in [1.54, 1.807) is 23.5 Å². The largest absolute Gasteiger partial charge is 0.351 e. The first-order chi connectivity index (χ1) is 16.1. The molecule has 33 heavy (non-hydrogen) atoms. The highest BCUT2D eigenvalue weighted by Crippen LogP contribution is 2.38. The molecule has 0 bridgehead atoms. The Morgan fingerprint density at radius 2 is 1.76 bits per heavy atom. The average Bonchev–Trinajstić information content (AvgIpc) is 3.22. The van der Waals surface area contributed by atoms with Gasteiger partial charge in [-0.15, -0.1) is 23.5 Å². The molecule has 0 spiro atoms. The summed E-state index contributed by atoms with van der Waals surface area (Å²) in [5.41, 5.74) is 2.90. The Labute approximate surface area is 208 Å². The number of hydrogen-bond donors (Lipinski definition) is 1. The fourth-order valence-electron chi connectivity index (χ4n) is 3.63. The summed E-state index contributed by atoms with van der Waals surface area (Å²) in [5, 5.41) is 3.68. The van der Waals surface area contributed by atoms with Crippen molar-refractivity contribution in [1.82, 2.24) is 10.2 Å². The highest BCUT2D eigenvalue weighted by Gasteiger charge is 2.32. The fraction of sp³-hybridized carbons (Fsp3) is 0.231. The molecule has 170 valence electrons. The lowest BCUT2D eigenvalue weighted by Crippen LogP contribution is -2.30. The van der Waals surface area contributed by atoms with Crippen molar-refractivity contribution < 1.29 is 9.59 Å². The van der Waals surface area contributed by atoms with E-state index in [0.717, 1.165) is 27.7 Å². The lowest BCUT2D eigenvalue weighted by Gasteiger charge is -2.24. The smallest absolute Gasteiger partial charge is 0.251 e. The minimum atomic E-state index is -0.0886. The van der Waals surface area contributed by atoms with E-state index in [1.807, 2.05) is 71.6 Å². The molecule has 4 nitrogen and oxygen atoms in total. The molecule has 1 atom stereocenters. The van der Waals surface area contributed by atoms with E-state index in [4.69, 9.17) is 11.6 Å².